The molecule has 0 amide bonds. The molecule has 2 N–H and O–H groups in total. The van der Waals surface area contributed by atoms with E-state index in [-0.39, 0.29) is 18.5 Å². The second-order valence-corrected chi connectivity index (χ2v) is 3.29. The Morgan fingerprint density at radius 2 is 1.88 bits per heavy atom. The van der Waals surface area contributed by atoms with E-state index < -0.39 is 23.7 Å². The third-order valence-corrected chi connectivity index (χ3v) is 2.00. The highest BCUT2D eigenvalue weighted by Crippen LogP contribution is 2.22. The fourth-order valence-corrected chi connectivity index (χ4v) is 1.35. The molecule has 1 aromatic heterocycles. The molecule has 0 unspecified atom stereocenters. The molecule has 1 rings (SSSR count). The highest BCUT2D eigenvalue weighted by molar-refractivity contribution is 5.72. The third kappa shape index (κ3) is 3.64. The van der Waals surface area contributed by atoms with Crippen LogP contribution in [0, 0.1) is 5.82 Å². The van der Waals surface area contributed by atoms with Crippen molar-refractivity contribution in [1.82, 2.24) is 4.98 Å². The van der Waals surface area contributed by atoms with Crippen molar-refractivity contribution >= 4 is 11.9 Å². The van der Waals surface area contributed by atoms with E-state index in [1.807, 2.05) is 0 Å². The standard InChI is InChI=1S/C10H10FNO4/c11-7-1-2-12-8(5-7)6(3-9(13)14)4-10(15)16/h1-2,5-6H,3-4H2,(H,13,14)(H,15,16). The lowest BCUT2D eigenvalue weighted by Crippen LogP contribution is -2.12. The zero-order valence-corrected chi connectivity index (χ0v) is 8.26. The molecule has 1 heterocycles. The van der Waals surface area contributed by atoms with Gasteiger partial charge in [0.05, 0.1) is 12.8 Å². The van der Waals surface area contributed by atoms with Crippen LogP contribution in [0.3, 0.4) is 0 Å². The summed E-state index contributed by atoms with van der Waals surface area (Å²) in [6.07, 6.45) is 0.410. The summed E-state index contributed by atoms with van der Waals surface area (Å²) in [6, 6.07) is 2.17. The van der Waals surface area contributed by atoms with Crippen LogP contribution < -0.4 is 0 Å². The Morgan fingerprint density at radius 3 is 2.31 bits per heavy atom. The van der Waals surface area contributed by atoms with Crippen LogP contribution in [0.4, 0.5) is 4.39 Å². The quantitative estimate of drug-likeness (QED) is 0.790. The molecule has 0 aliphatic carbocycles. The zero-order valence-electron chi connectivity index (χ0n) is 8.26. The number of carboxylic acid groups (broad SMARTS) is 2. The van der Waals surface area contributed by atoms with Gasteiger partial charge in [0, 0.05) is 17.8 Å². The maximum atomic E-state index is 12.9. The Kier molecular flexibility index (Phi) is 3.93. The molecule has 0 radical (unpaired) electrons. The zero-order chi connectivity index (χ0) is 12.1. The first-order chi connectivity index (χ1) is 7.49. The highest BCUT2D eigenvalue weighted by atomic mass is 19.1. The van der Waals surface area contributed by atoms with Gasteiger partial charge >= 0.3 is 11.9 Å². The molecule has 1 aromatic rings. The Bertz CT molecular complexity index is 392. The first-order valence-electron chi connectivity index (χ1n) is 4.54. The van der Waals surface area contributed by atoms with Gasteiger partial charge in [-0.2, -0.15) is 0 Å². The van der Waals surface area contributed by atoms with Crippen molar-refractivity contribution in [2.75, 3.05) is 0 Å². The van der Waals surface area contributed by atoms with Crippen LogP contribution in [0.5, 0.6) is 0 Å². The van der Waals surface area contributed by atoms with Gasteiger partial charge in [-0.15, -0.1) is 0 Å². The SMILES string of the molecule is O=C(O)CC(CC(=O)O)c1cc(F)ccn1. The topological polar surface area (TPSA) is 87.5 Å². The minimum Gasteiger partial charge on any atom is -0.481 e. The van der Waals surface area contributed by atoms with E-state index in [0.29, 0.717) is 0 Å². The molecule has 0 aromatic carbocycles. The number of carboxylic acids is 2. The smallest absolute Gasteiger partial charge is 0.304 e. The summed E-state index contributed by atoms with van der Waals surface area (Å²) in [4.78, 5) is 24.8. The summed E-state index contributed by atoms with van der Waals surface area (Å²) >= 11 is 0. The summed E-state index contributed by atoms with van der Waals surface area (Å²) in [5.74, 6) is -3.66. The number of aliphatic carboxylic acids is 2. The van der Waals surface area contributed by atoms with E-state index in [0.717, 1.165) is 12.1 Å². The summed E-state index contributed by atoms with van der Waals surface area (Å²) in [5, 5.41) is 17.2. The molecule has 0 bridgehead atoms. The number of nitrogens with zero attached hydrogens (tertiary/aromatic N) is 1. The summed E-state index contributed by atoms with van der Waals surface area (Å²) in [5.41, 5.74) is 0.143. The van der Waals surface area contributed by atoms with Gasteiger partial charge < -0.3 is 10.2 Å². The average Bonchev–Trinajstić information content (AvgIpc) is 2.15. The average molecular weight is 227 g/mol. The number of halogens is 1. The summed E-state index contributed by atoms with van der Waals surface area (Å²) in [6.45, 7) is 0. The summed E-state index contributed by atoms with van der Waals surface area (Å²) in [7, 11) is 0. The second kappa shape index (κ2) is 5.20. The molecular formula is C10H10FNO4. The van der Waals surface area contributed by atoms with E-state index in [9.17, 15) is 14.0 Å². The maximum absolute atomic E-state index is 12.9. The molecule has 0 saturated heterocycles. The number of carbonyl (C=O) groups is 2. The Hall–Kier alpha value is -1.98. The molecule has 0 fully saturated rings. The third-order valence-electron chi connectivity index (χ3n) is 2.00. The lowest BCUT2D eigenvalue weighted by atomic mass is 9.97. The fraction of sp³-hybridized carbons (Fsp3) is 0.300. The van der Waals surface area contributed by atoms with E-state index in [1.54, 1.807) is 0 Å². The molecule has 86 valence electrons. The predicted octanol–water partition coefficient (Wildman–Crippen LogP) is 1.25. The molecule has 0 aliphatic heterocycles. The van der Waals surface area contributed by atoms with Gasteiger partial charge in [-0.1, -0.05) is 0 Å². The number of pyridine rings is 1. The number of rotatable bonds is 5. The number of aromatic nitrogens is 1. The summed E-state index contributed by atoms with van der Waals surface area (Å²) < 4.78 is 12.9. The molecule has 5 nitrogen and oxygen atoms in total. The molecule has 0 atom stereocenters. The second-order valence-electron chi connectivity index (χ2n) is 3.29. The van der Waals surface area contributed by atoms with Gasteiger partial charge in [0.15, 0.2) is 0 Å². The van der Waals surface area contributed by atoms with Crippen molar-refractivity contribution in [2.24, 2.45) is 0 Å². The van der Waals surface area contributed by atoms with Crippen molar-refractivity contribution in [2.45, 2.75) is 18.8 Å². The number of hydrogen-bond acceptors (Lipinski definition) is 3. The largest absolute Gasteiger partial charge is 0.481 e. The molecule has 0 saturated carbocycles. The Morgan fingerprint density at radius 1 is 1.31 bits per heavy atom. The minimum atomic E-state index is -1.14. The first-order valence-corrected chi connectivity index (χ1v) is 4.54. The van der Waals surface area contributed by atoms with Gasteiger partial charge in [0.1, 0.15) is 5.82 Å². The maximum Gasteiger partial charge on any atom is 0.304 e. The molecular weight excluding hydrogens is 217 g/mol. The van der Waals surface area contributed by atoms with E-state index >= 15 is 0 Å². The fourth-order valence-electron chi connectivity index (χ4n) is 1.35. The molecule has 16 heavy (non-hydrogen) atoms. The van der Waals surface area contributed by atoms with Crippen LogP contribution >= 0.6 is 0 Å². The van der Waals surface area contributed by atoms with Crippen molar-refractivity contribution in [1.29, 1.82) is 0 Å². The van der Waals surface area contributed by atoms with Crippen molar-refractivity contribution in [3.05, 3.63) is 29.8 Å². The van der Waals surface area contributed by atoms with Crippen LogP contribution in [-0.2, 0) is 9.59 Å². The van der Waals surface area contributed by atoms with Crippen molar-refractivity contribution in [3.63, 3.8) is 0 Å². The van der Waals surface area contributed by atoms with Crippen LogP contribution in [-0.4, -0.2) is 27.1 Å². The highest BCUT2D eigenvalue weighted by Gasteiger charge is 2.20. The van der Waals surface area contributed by atoms with Gasteiger partial charge in [0.2, 0.25) is 0 Å². The lowest BCUT2D eigenvalue weighted by Gasteiger charge is -2.11. The lowest BCUT2D eigenvalue weighted by molar-refractivity contribution is -0.139. The van der Waals surface area contributed by atoms with Crippen LogP contribution in [0.2, 0.25) is 0 Å². The Balaban J connectivity index is 2.90. The van der Waals surface area contributed by atoms with Gasteiger partial charge in [0.25, 0.3) is 0 Å². The first kappa shape index (κ1) is 12.1. The predicted molar refractivity (Wildman–Crippen MR) is 51.4 cm³/mol. The van der Waals surface area contributed by atoms with Gasteiger partial charge in [-0.25, -0.2) is 4.39 Å². The molecule has 0 spiro atoms. The Labute approximate surface area is 90.6 Å². The monoisotopic (exact) mass is 227 g/mol. The van der Waals surface area contributed by atoms with Gasteiger partial charge in [-0.3, -0.25) is 14.6 Å². The van der Waals surface area contributed by atoms with Crippen molar-refractivity contribution in [3.8, 4) is 0 Å². The normalized spacial score (nSPS) is 10.4. The van der Waals surface area contributed by atoms with Crippen LogP contribution in [0.1, 0.15) is 24.5 Å². The van der Waals surface area contributed by atoms with Crippen LogP contribution in [0.15, 0.2) is 18.3 Å². The van der Waals surface area contributed by atoms with E-state index in [2.05, 4.69) is 4.98 Å². The van der Waals surface area contributed by atoms with Crippen LogP contribution in [0.25, 0.3) is 0 Å². The van der Waals surface area contributed by atoms with Crippen molar-refractivity contribution < 1.29 is 24.2 Å². The van der Waals surface area contributed by atoms with E-state index in [4.69, 9.17) is 10.2 Å². The molecule has 0 aliphatic rings. The number of hydrogen-bond donors (Lipinski definition) is 2. The van der Waals surface area contributed by atoms with E-state index in [1.165, 1.54) is 6.20 Å². The minimum absolute atomic E-state index is 0.143. The molecule has 6 heteroatoms. The van der Waals surface area contributed by atoms with Gasteiger partial charge in [-0.05, 0) is 12.1 Å².